The summed E-state index contributed by atoms with van der Waals surface area (Å²) in [6.07, 6.45) is 3.62. The van der Waals surface area contributed by atoms with E-state index in [2.05, 4.69) is 30.0 Å². The number of carbonyl (C=O) groups excluding carboxylic acids is 2. The van der Waals surface area contributed by atoms with Gasteiger partial charge in [0.15, 0.2) is 9.47 Å². The molecule has 2 atom stereocenters. The zero-order valence-corrected chi connectivity index (χ0v) is 21.8. The van der Waals surface area contributed by atoms with Crippen LogP contribution in [0.3, 0.4) is 0 Å². The van der Waals surface area contributed by atoms with Crippen molar-refractivity contribution in [3.8, 4) is 0 Å². The number of aliphatic carboxylic acids is 1. The zero-order chi connectivity index (χ0) is 25.2. The van der Waals surface area contributed by atoms with Gasteiger partial charge in [-0.1, -0.05) is 28.3 Å². The second-order valence-electron chi connectivity index (χ2n) is 8.02. The first-order chi connectivity index (χ1) is 17.4. The molecule has 1 unspecified atom stereocenters. The van der Waals surface area contributed by atoms with Crippen molar-refractivity contribution in [1.82, 2.24) is 29.8 Å². The fourth-order valence-corrected chi connectivity index (χ4v) is 7.42. The molecule has 3 aliphatic rings. The van der Waals surface area contributed by atoms with Crippen LogP contribution in [0.4, 0.5) is 5.13 Å². The van der Waals surface area contributed by atoms with Gasteiger partial charge in [0.25, 0.3) is 11.8 Å². The molecule has 1 aliphatic carbocycles. The third-order valence-corrected chi connectivity index (χ3v) is 9.54. The number of aromatic nitrogens is 4. The molecule has 2 aromatic heterocycles. The first-order valence-corrected chi connectivity index (χ1v) is 14.5. The normalized spacial score (nSPS) is 22.4. The first-order valence-electron chi connectivity index (χ1n) is 10.9. The van der Waals surface area contributed by atoms with Crippen LogP contribution in [-0.2, 0) is 19.2 Å². The lowest BCUT2D eigenvalue weighted by Crippen LogP contribution is -2.71. The molecule has 13 nitrogen and oxygen atoms in total. The molecule has 190 valence electrons. The van der Waals surface area contributed by atoms with Crippen molar-refractivity contribution >= 4 is 75.0 Å². The number of nitrogens with one attached hydrogen (secondary N) is 1. The number of fused-ring (bicyclic) bond motifs is 1. The van der Waals surface area contributed by atoms with Crippen LogP contribution in [-0.4, -0.2) is 82.1 Å². The number of carboxylic acids is 1. The van der Waals surface area contributed by atoms with E-state index in [9.17, 15) is 19.5 Å². The lowest BCUT2D eigenvalue weighted by atomic mass is 10.0. The van der Waals surface area contributed by atoms with Crippen molar-refractivity contribution in [2.75, 3.05) is 17.2 Å². The highest BCUT2D eigenvalue weighted by Crippen LogP contribution is 2.41. The number of thioether (sulfide) groups is 2. The summed E-state index contributed by atoms with van der Waals surface area (Å²) in [5, 5.41) is 23.8. The highest BCUT2D eigenvalue weighted by Gasteiger charge is 2.54. The number of hydrogen-bond donors (Lipinski definition) is 3. The number of nitrogen functional groups attached to an aromatic ring is 1. The SMILES string of the molecule is Nc1nc(C(=NOC2CCCC2)C(=O)NC2C(=O)N3C(C(=O)O)=C(CSc4nncs4)CS[C@H]23)ns1. The van der Waals surface area contributed by atoms with Crippen molar-refractivity contribution in [3.63, 3.8) is 0 Å². The Hall–Kier alpha value is -2.76. The van der Waals surface area contributed by atoms with Crippen molar-refractivity contribution < 1.29 is 24.3 Å². The van der Waals surface area contributed by atoms with Gasteiger partial charge >= 0.3 is 5.97 Å². The molecule has 2 aliphatic heterocycles. The number of nitrogens with zero attached hydrogens (tertiary/aromatic N) is 6. The standard InChI is InChI=1S/C19H20N8O5S4/c20-18-23-13(26-36-18)10(25-32-9-3-1-2-4-9)14(28)22-11-15(29)27-12(17(30)31)8(5-33-16(11)27)6-34-19-24-21-7-35-19/h7,9,11,16H,1-6H2,(H,22,28)(H,30,31)(H2,20,23,26)/t11?,16-/m1/s1. The molecule has 2 aromatic rings. The summed E-state index contributed by atoms with van der Waals surface area (Å²) in [5.41, 5.74) is 7.65. The number of anilines is 1. The number of carboxylic acid groups (broad SMARTS) is 1. The molecule has 0 radical (unpaired) electrons. The number of oxime groups is 1. The summed E-state index contributed by atoms with van der Waals surface area (Å²) < 4.78 is 4.77. The smallest absolute Gasteiger partial charge is 0.352 e. The summed E-state index contributed by atoms with van der Waals surface area (Å²) in [5.74, 6) is -1.63. The highest BCUT2D eigenvalue weighted by molar-refractivity contribution is 8.01. The molecule has 4 heterocycles. The van der Waals surface area contributed by atoms with E-state index < -0.39 is 29.2 Å². The van der Waals surface area contributed by atoms with Crippen LogP contribution in [0, 0.1) is 0 Å². The summed E-state index contributed by atoms with van der Waals surface area (Å²) in [6.45, 7) is 0. The maximum Gasteiger partial charge on any atom is 0.352 e. The maximum atomic E-state index is 13.1. The molecule has 1 saturated carbocycles. The maximum absolute atomic E-state index is 13.1. The van der Waals surface area contributed by atoms with Crippen LogP contribution in [0.15, 0.2) is 26.3 Å². The van der Waals surface area contributed by atoms with Gasteiger partial charge in [0, 0.05) is 23.0 Å². The van der Waals surface area contributed by atoms with Gasteiger partial charge in [-0.15, -0.1) is 22.0 Å². The minimum Gasteiger partial charge on any atom is -0.477 e. The third-order valence-electron chi connectivity index (χ3n) is 5.71. The van der Waals surface area contributed by atoms with Crippen LogP contribution in [0.25, 0.3) is 0 Å². The summed E-state index contributed by atoms with van der Waals surface area (Å²) >= 11 is 5.01. The van der Waals surface area contributed by atoms with Gasteiger partial charge in [-0.2, -0.15) is 9.36 Å². The van der Waals surface area contributed by atoms with Gasteiger partial charge in [0.2, 0.25) is 11.5 Å². The van der Waals surface area contributed by atoms with Gasteiger partial charge < -0.3 is 21.0 Å². The number of rotatable bonds is 9. The van der Waals surface area contributed by atoms with E-state index in [0.29, 0.717) is 21.4 Å². The predicted octanol–water partition coefficient (Wildman–Crippen LogP) is 1.17. The molecule has 2 fully saturated rings. The lowest BCUT2D eigenvalue weighted by Gasteiger charge is -2.49. The number of amides is 2. The molecule has 17 heteroatoms. The van der Waals surface area contributed by atoms with Gasteiger partial charge in [0.1, 0.15) is 28.7 Å². The Morgan fingerprint density at radius 1 is 1.36 bits per heavy atom. The highest BCUT2D eigenvalue weighted by atomic mass is 32.2. The summed E-state index contributed by atoms with van der Waals surface area (Å²) in [6, 6.07) is -0.929. The number of nitrogens with two attached hydrogens (primary N) is 1. The first kappa shape index (κ1) is 24.9. The fraction of sp³-hybridized carbons (Fsp3) is 0.474. The largest absolute Gasteiger partial charge is 0.477 e. The van der Waals surface area contributed by atoms with Crippen LogP contribution < -0.4 is 11.1 Å². The van der Waals surface area contributed by atoms with Gasteiger partial charge in [-0.05, 0) is 31.3 Å². The van der Waals surface area contributed by atoms with E-state index in [1.165, 1.54) is 39.8 Å². The Morgan fingerprint density at radius 3 is 2.83 bits per heavy atom. The van der Waals surface area contributed by atoms with Crippen molar-refractivity contribution in [1.29, 1.82) is 0 Å². The van der Waals surface area contributed by atoms with E-state index in [4.69, 9.17) is 10.6 Å². The lowest BCUT2D eigenvalue weighted by molar-refractivity contribution is -0.150. The Bertz CT molecular complexity index is 1230. The third kappa shape index (κ3) is 5.05. The summed E-state index contributed by atoms with van der Waals surface area (Å²) in [4.78, 5) is 49.0. The van der Waals surface area contributed by atoms with E-state index in [1.807, 2.05) is 0 Å². The van der Waals surface area contributed by atoms with E-state index in [0.717, 1.165) is 37.2 Å². The number of hydrogen-bond acceptors (Lipinski definition) is 14. The van der Waals surface area contributed by atoms with Crippen molar-refractivity contribution in [2.24, 2.45) is 5.16 Å². The van der Waals surface area contributed by atoms with E-state index in [-0.39, 0.29) is 28.5 Å². The Morgan fingerprint density at radius 2 is 2.17 bits per heavy atom. The minimum absolute atomic E-state index is 0.00929. The Labute approximate surface area is 221 Å². The quantitative estimate of drug-likeness (QED) is 0.170. The van der Waals surface area contributed by atoms with Crippen molar-refractivity contribution in [2.45, 2.75) is 47.5 Å². The average molecular weight is 569 g/mol. The molecule has 0 spiro atoms. The summed E-state index contributed by atoms with van der Waals surface area (Å²) in [7, 11) is 0. The van der Waals surface area contributed by atoms with E-state index >= 15 is 0 Å². The topological polar surface area (TPSA) is 186 Å². The molecule has 4 N–H and O–H groups in total. The second kappa shape index (κ2) is 10.7. The molecule has 0 aromatic carbocycles. The van der Waals surface area contributed by atoms with Gasteiger partial charge in [0.05, 0.1) is 0 Å². The fourth-order valence-electron chi connectivity index (χ4n) is 4.01. The Balaban J connectivity index is 1.30. The minimum atomic E-state index is -1.19. The molecule has 0 bridgehead atoms. The van der Waals surface area contributed by atoms with Gasteiger partial charge in [-0.25, -0.2) is 4.79 Å². The predicted molar refractivity (Wildman–Crippen MR) is 135 cm³/mol. The zero-order valence-electron chi connectivity index (χ0n) is 18.5. The van der Waals surface area contributed by atoms with Crippen LogP contribution in [0.2, 0.25) is 0 Å². The molecule has 36 heavy (non-hydrogen) atoms. The van der Waals surface area contributed by atoms with Crippen LogP contribution in [0.5, 0.6) is 0 Å². The number of β-lactam (4-membered cyclic amide) rings is 1. The monoisotopic (exact) mass is 568 g/mol. The molecule has 2 amide bonds. The molecular weight excluding hydrogens is 549 g/mol. The second-order valence-corrected chi connectivity index (χ2v) is 12.0. The molecule has 5 rings (SSSR count). The van der Waals surface area contributed by atoms with Gasteiger partial charge in [-0.3, -0.25) is 14.5 Å². The van der Waals surface area contributed by atoms with Crippen LogP contribution >= 0.6 is 46.4 Å². The van der Waals surface area contributed by atoms with Crippen LogP contribution in [0.1, 0.15) is 31.5 Å². The molecular formula is C19H20N8O5S4. The van der Waals surface area contributed by atoms with E-state index in [1.54, 1.807) is 5.51 Å². The Kier molecular flexibility index (Phi) is 7.40. The van der Waals surface area contributed by atoms with Crippen molar-refractivity contribution in [3.05, 3.63) is 22.6 Å². The average Bonchev–Trinajstić information content (AvgIpc) is 3.64. The molecule has 1 saturated heterocycles. The number of carbonyl (C=O) groups is 3.